The van der Waals surface area contributed by atoms with Crippen molar-refractivity contribution in [2.75, 3.05) is 17.7 Å². The summed E-state index contributed by atoms with van der Waals surface area (Å²) in [5.41, 5.74) is 7.67. The molecular weight excluding hydrogens is 322 g/mol. The fraction of sp³-hybridized carbons (Fsp3) is 0.273. The number of nitrogens with zero attached hydrogens (tertiary/aromatic N) is 1. The molecule has 4 nitrogen and oxygen atoms in total. The Labute approximate surface area is 156 Å². The molecule has 1 atom stereocenters. The van der Waals surface area contributed by atoms with Gasteiger partial charge in [-0.05, 0) is 68.3 Å². The van der Waals surface area contributed by atoms with Gasteiger partial charge < -0.3 is 10.6 Å². The molecule has 2 aromatic rings. The third-order valence-corrected chi connectivity index (χ3v) is 4.58. The van der Waals surface area contributed by atoms with Gasteiger partial charge in [0.1, 0.15) is 6.29 Å². The molecule has 0 aromatic heterocycles. The van der Waals surface area contributed by atoms with E-state index in [1.54, 1.807) is 0 Å². The summed E-state index contributed by atoms with van der Waals surface area (Å²) >= 11 is 0. The Morgan fingerprint density at radius 3 is 2.23 bits per heavy atom. The normalized spacial score (nSPS) is 12.4. The minimum Gasteiger partial charge on any atom is -0.388 e. The zero-order valence-corrected chi connectivity index (χ0v) is 16.0. The zero-order valence-electron chi connectivity index (χ0n) is 16.0. The molecule has 2 aromatic carbocycles. The van der Waals surface area contributed by atoms with Gasteiger partial charge in [0.2, 0.25) is 0 Å². The van der Waals surface area contributed by atoms with Gasteiger partial charge in [-0.2, -0.15) is 0 Å². The molecule has 0 spiro atoms. The molecule has 0 bridgehead atoms. The lowest BCUT2D eigenvalue weighted by atomic mass is 9.94. The quantitative estimate of drug-likeness (QED) is 0.401. The van der Waals surface area contributed by atoms with Crippen molar-refractivity contribution >= 4 is 24.4 Å². The smallest absolute Gasteiger partial charge is 0.147 e. The second-order valence-corrected chi connectivity index (χ2v) is 6.46. The monoisotopic (exact) mass is 349 g/mol. The van der Waals surface area contributed by atoms with Gasteiger partial charge in [0, 0.05) is 36.2 Å². The van der Waals surface area contributed by atoms with Crippen LogP contribution in [0.15, 0.2) is 53.2 Å². The second-order valence-electron chi connectivity index (χ2n) is 6.46. The highest BCUT2D eigenvalue weighted by atomic mass is 16.1. The van der Waals surface area contributed by atoms with Crippen molar-refractivity contribution in [2.24, 2.45) is 4.99 Å². The minimum atomic E-state index is 0.104. The average Bonchev–Trinajstić information content (AvgIpc) is 2.63. The maximum absolute atomic E-state index is 11.1. The summed E-state index contributed by atoms with van der Waals surface area (Å²) in [5.74, 6) is 0. The first-order valence-electron chi connectivity index (χ1n) is 8.75. The van der Waals surface area contributed by atoms with E-state index in [9.17, 15) is 4.79 Å². The number of anilines is 2. The summed E-state index contributed by atoms with van der Waals surface area (Å²) in [7, 11) is 1.94. The second kappa shape index (κ2) is 8.99. The SMILES string of the molecule is C=N/C=C(/C=O)CC(C)Nc1cccc(-c2cccc(NC)c2C)c1C. The maximum atomic E-state index is 11.1. The first kappa shape index (κ1) is 19.4. The highest BCUT2D eigenvalue weighted by Gasteiger charge is 2.12. The molecule has 2 rings (SSSR count). The van der Waals surface area contributed by atoms with Crippen LogP contribution in [0.3, 0.4) is 0 Å². The third-order valence-electron chi connectivity index (χ3n) is 4.58. The van der Waals surface area contributed by atoms with Gasteiger partial charge in [-0.15, -0.1) is 0 Å². The lowest BCUT2D eigenvalue weighted by Crippen LogP contribution is -2.17. The highest BCUT2D eigenvalue weighted by molar-refractivity contribution is 5.79. The number of hydrogen-bond donors (Lipinski definition) is 2. The summed E-state index contributed by atoms with van der Waals surface area (Å²) in [6, 6.07) is 12.7. The topological polar surface area (TPSA) is 53.5 Å². The van der Waals surface area contributed by atoms with Crippen LogP contribution in [0.4, 0.5) is 11.4 Å². The van der Waals surface area contributed by atoms with Crippen LogP contribution in [-0.2, 0) is 4.79 Å². The molecule has 0 aliphatic rings. The first-order valence-corrected chi connectivity index (χ1v) is 8.75. The highest BCUT2D eigenvalue weighted by Crippen LogP contribution is 2.33. The lowest BCUT2D eigenvalue weighted by molar-refractivity contribution is -0.105. The third kappa shape index (κ3) is 4.39. The number of rotatable bonds is 8. The van der Waals surface area contributed by atoms with E-state index in [0.717, 1.165) is 17.7 Å². The van der Waals surface area contributed by atoms with Crippen molar-refractivity contribution < 1.29 is 4.79 Å². The van der Waals surface area contributed by atoms with Gasteiger partial charge >= 0.3 is 0 Å². The first-order chi connectivity index (χ1) is 12.5. The molecule has 1 unspecified atom stereocenters. The van der Waals surface area contributed by atoms with Crippen LogP contribution in [0.1, 0.15) is 24.5 Å². The lowest BCUT2D eigenvalue weighted by Gasteiger charge is -2.20. The average molecular weight is 349 g/mol. The minimum absolute atomic E-state index is 0.104. The van der Waals surface area contributed by atoms with Crippen molar-refractivity contribution in [3.63, 3.8) is 0 Å². The van der Waals surface area contributed by atoms with E-state index < -0.39 is 0 Å². The molecular formula is C22H27N3O. The van der Waals surface area contributed by atoms with Gasteiger partial charge in [-0.1, -0.05) is 24.3 Å². The Kier molecular flexibility index (Phi) is 6.73. The summed E-state index contributed by atoms with van der Waals surface area (Å²) in [6.45, 7) is 9.72. The molecule has 0 saturated carbocycles. The van der Waals surface area contributed by atoms with E-state index in [1.807, 2.05) is 7.05 Å². The Morgan fingerprint density at radius 1 is 1.12 bits per heavy atom. The molecule has 0 saturated heterocycles. The molecule has 0 fully saturated rings. The van der Waals surface area contributed by atoms with Crippen LogP contribution < -0.4 is 10.6 Å². The molecule has 0 amide bonds. The Morgan fingerprint density at radius 2 is 1.69 bits per heavy atom. The van der Waals surface area contributed by atoms with Gasteiger partial charge in [0.25, 0.3) is 0 Å². The number of nitrogens with one attached hydrogen (secondary N) is 2. The van der Waals surface area contributed by atoms with E-state index >= 15 is 0 Å². The molecule has 0 aliphatic carbocycles. The van der Waals surface area contributed by atoms with E-state index in [-0.39, 0.29) is 6.04 Å². The van der Waals surface area contributed by atoms with E-state index in [0.29, 0.717) is 12.0 Å². The van der Waals surface area contributed by atoms with Crippen LogP contribution >= 0.6 is 0 Å². The predicted octanol–water partition coefficient (Wildman–Crippen LogP) is 4.99. The molecule has 0 aliphatic heterocycles. The largest absolute Gasteiger partial charge is 0.388 e. The molecule has 26 heavy (non-hydrogen) atoms. The van der Waals surface area contributed by atoms with Crippen molar-refractivity contribution in [2.45, 2.75) is 33.2 Å². The van der Waals surface area contributed by atoms with Crippen LogP contribution in [0.25, 0.3) is 11.1 Å². The number of benzene rings is 2. The number of aliphatic imine (C=N–C) groups is 1. The van der Waals surface area contributed by atoms with Crippen molar-refractivity contribution in [3.8, 4) is 11.1 Å². The standard InChI is InChI=1S/C22H27N3O/c1-15(12-18(14-26)13-23-4)25-22-11-7-9-20(17(22)3)19-8-6-10-21(24-5)16(19)2/h6-11,13-15,24-25H,4,12H2,1-3,5H3/b18-13+. The van der Waals surface area contributed by atoms with E-state index in [1.165, 1.54) is 28.5 Å². The van der Waals surface area contributed by atoms with Gasteiger partial charge in [-0.25, -0.2) is 0 Å². The van der Waals surface area contributed by atoms with Gasteiger partial charge in [0.15, 0.2) is 0 Å². The Bertz CT molecular complexity index is 824. The summed E-state index contributed by atoms with van der Waals surface area (Å²) in [4.78, 5) is 14.8. The van der Waals surface area contributed by atoms with Crippen LogP contribution in [0.2, 0.25) is 0 Å². The fourth-order valence-corrected chi connectivity index (χ4v) is 3.20. The number of carbonyl (C=O) groups excluding carboxylic acids is 1. The van der Waals surface area contributed by atoms with Crippen molar-refractivity contribution in [1.82, 2.24) is 0 Å². The summed E-state index contributed by atoms with van der Waals surface area (Å²) < 4.78 is 0. The predicted molar refractivity (Wildman–Crippen MR) is 112 cm³/mol. The molecule has 136 valence electrons. The Hall–Kier alpha value is -2.88. The van der Waals surface area contributed by atoms with Crippen LogP contribution in [0.5, 0.6) is 0 Å². The van der Waals surface area contributed by atoms with E-state index in [2.05, 4.69) is 79.5 Å². The van der Waals surface area contributed by atoms with Crippen molar-refractivity contribution in [3.05, 3.63) is 59.3 Å². The van der Waals surface area contributed by atoms with Crippen LogP contribution in [0, 0.1) is 13.8 Å². The van der Waals surface area contributed by atoms with E-state index in [4.69, 9.17) is 0 Å². The maximum Gasteiger partial charge on any atom is 0.147 e. The fourth-order valence-electron chi connectivity index (χ4n) is 3.20. The van der Waals surface area contributed by atoms with Gasteiger partial charge in [0.05, 0.1) is 0 Å². The molecule has 4 heteroatoms. The number of carbonyl (C=O) groups is 1. The molecule has 2 N–H and O–H groups in total. The van der Waals surface area contributed by atoms with Crippen molar-refractivity contribution in [1.29, 1.82) is 0 Å². The number of hydrogen-bond acceptors (Lipinski definition) is 4. The Balaban J connectivity index is 2.31. The van der Waals surface area contributed by atoms with Gasteiger partial charge in [-0.3, -0.25) is 9.79 Å². The number of aldehydes is 1. The molecule has 0 radical (unpaired) electrons. The zero-order chi connectivity index (χ0) is 19.1. The summed E-state index contributed by atoms with van der Waals surface area (Å²) in [5, 5.41) is 6.76. The molecule has 0 heterocycles. The van der Waals surface area contributed by atoms with Crippen LogP contribution in [-0.4, -0.2) is 26.1 Å². The summed E-state index contributed by atoms with van der Waals surface area (Å²) in [6.07, 6.45) is 2.95.